The number of nitrogens with one attached hydrogen (secondary N) is 2. The molecule has 0 aliphatic carbocycles. The number of halogens is 1. The van der Waals surface area contributed by atoms with E-state index in [2.05, 4.69) is 10.6 Å². The minimum Gasteiger partial charge on any atom is -0.490 e. The molecule has 0 bridgehead atoms. The second-order valence-corrected chi connectivity index (χ2v) is 8.90. The summed E-state index contributed by atoms with van der Waals surface area (Å²) in [6.45, 7) is 2.87. The third-order valence-electron chi connectivity index (χ3n) is 6.34. The molecule has 2 aliphatic rings. The zero-order valence-electron chi connectivity index (χ0n) is 19.9. The average Bonchev–Trinajstić information content (AvgIpc) is 2.85. The maximum atomic E-state index is 13.5. The Morgan fingerprint density at radius 3 is 2.77 bits per heavy atom. The molecular weight excluding hydrogens is 453 g/mol. The van der Waals surface area contributed by atoms with Gasteiger partial charge in [0.25, 0.3) is 11.8 Å². The van der Waals surface area contributed by atoms with Gasteiger partial charge in [0, 0.05) is 24.8 Å². The molecule has 0 aromatic heterocycles. The van der Waals surface area contributed by atoms with Gasteiger partial charge in [0.15, 0.2) is 0 Å². The maximum absolute atomic E-state index is 13.5. The first-order chi connectivity index (χ1) is 16.9. The van der Waals surface area contributed by atoms with Crippen LogP contribution in [0, 0.1) is 5.82 Å². The van der Waals surface area contributed by atoms with Crippen LogP contribution in [-0.4, -0.2) is 61.1 Å². The van der Waals surface area contributed by atoms with E-state index in [1.165, 1.54) is 18.2 Å². The molecule has 2 N–H and O–H groups in total. The Morgan fingerprint density at radius 2 is 2.00 bits per heavy atom. The molecule has 0 spiro atoms. The highest BCUT2D eigenvalue weighted by Crippen LogP contribution is 2.32. The topological polar surface area (TPSA) is 97.0 Å². The number of carbonyl (C=O) groups is 3. The first-order valence-electron chi connectivity index (χ1n) is 11.9. The van der Waals surface area contributed by atoms with E-state index < -0.39 is 11.7 Å². The van der Waals surface area contributed by atoms with Crippen molar-refractivity contribution < 1.29 is 28.2 Å². The van der Waals surface area contributed by atoms with Crippen molar-refractivity contribution in [2.24, 2.45) is 0 Å². The highest BCUT2D eigenvalue weighted by molar-refractivity contribution is 6.05. The Kier molecular flexibility index (Phi) is 7.65. The molecule has 35 heavy (non-hydrogen) atoms. The van der Waals surface area contributed by atoms with Gasteiger partial charge in [-0.2, -0.15) is 0 Å². The lowest BCUT2D eigenvalue weighted by molar-refractivity contribution is -0.134. The van der Waals surface area contributed by atoms with Crippen molar-refractivity contribution in [3.63, 3.8) is 0 Å². The van der Waals surface area contributed by atoms with Gasteiger partial charge in [-0.1, -0.05) is 13.0 Å². The van der Waals surface area contributed by atoms with Crippen LogP contribution >= 0.6 is 0 Å². The van der Waals surface area contributed by atoms with E-state index in [4.69, 9.17) is 9.47 Å². The smallest absolute Gasteiger partial charge is 0.257 e. The highest BCUT2D eigenvalue weighted by Gasteiger charge is 2.39. The van der Waals surface area contributed by atoms with Crippen LogP contribution in [0.25, 0.3) is 0 Å². The van der Waals surface area contributed by atoms with Crippen molar-refractivity contribution in [1.29, 1.82) is 0 Å². The monoisotopic (exact) mass is 483 g/mol. The number of ether oxygens (including phenoxy) is 2. The quantitative estimate of drug-likeness (QED) is 0.657. The van der Waals surface area contributed by atoms with Crippen LogP contribution in [0.1, 0.15) is 53.3 Å². The molecule has 1 fully saturated rings. The van der Waals surface area contributed by atoms with Crippen LogP contribution < -0.4 is 15.4 Å². The van der Waals surface area contributed by atoms with E-state index in [-0.39, 0.29) is 48.7 Å². The van der Waals surface area contributed by atoms with E-state index in [1.807, 2.05) is 6.92 Å². The molecule has 2 heterocycles. The third kappa shape index (κ3) is 5.79. The standard InChI is InChI=1S/C26H30FN3O5/c1-3-11-28-24(31)14-19-8-9-21-23(35-19)15-34-22-10-7-18(13-20(22)26(33)30(21)2)29-25(32)16-5-4-6-17(27)12-16/h4-7,10,12-13,19,21,23H,3,8-9,11,14-15H2,1-2H3,(H,28,31)(H,29,32)/t19-,21+,23+/m1/s1. The predicted molar refractivity (Wildman–Crippen MR) is 128 cm³/mol. The summed E-state index contributed by atoms with van der Waals surface area (Å²) in [6.07, 6.45) is 1.92. The Labute approximate surface area is 203 Å². The minimum atomic E-state index is -0.505. The SMILES string of the molecule is CCCNC(=O)C[C@H]1CC[C@H]2[C@H](COc3ccc(NC(=O)c4cccc(F)c4)cc3C(=O)N2C)O1. The molecule has 0 unspecified atom stereocenters. The fourth-order valence-electron chi connectivity index (χ4n) is 4.48. The van der Waals surface area contributed by atoms with Crippen LogP contribution in [0.3, 0.4) is 0 Å². The molecule has 9 heteroatoms. The molecule has 2 aromatic carbocycles. The van der Waals surface area contributed by atoms with Gasteiger partial charge in [0.2, 0.25) is 5.91 Å². The second-order valence-electron chi connectivity index (χ2n) is 8.90. The summed E-state index contributed by atoms with van der Waals surface area (Å²) in [5, 5.41) is 5.58. The number of anilines is 1. The largest absolute Gasteiger partial charge is 0.490 e. The summed E-state index contributed by atoms with van der Waals surface area (Å²) in [5.74, 6) is -0.889. The zero-order chi connectivity index (χ0) is 24.9. The minimum absolute atomic E-state index is 0.0374. The summed E-state index contributed by atoms with van der Waals surface area (Å²) in [4.78, 5) is 39.6. The number of hydrogen-bond donors (Lipinski definition) is 2. The van der Waals surface area contributed by atoms with Crippen molar-refractivity contribution in [3.8, 4) is 5.75 Å². The van der Waals surface area contributed by atoms with E-state index in [0.29, 0.717) is 36.4 Å². The van der Waals surface area contributed by atoms with Crippen molar-refractivity contribution in [1.82, 2.24) is 10.2 Å². The number of fused-ring (bicyclic) bond motifs is 2. The first kappa shape index (κ1) is 24.7. The number of carbonyl (C=O) groups excluding carboxylic acids is 3. The van der Waals surface area contributed by atoms with Crippen molar-refractivity contribution >= 4 is 23.4 Å². The maximum Gasteiger partial charge on any atom is 0.257 e. The Bertz CT molecular complexity index is 1110. The number of nitrogens with zero attached hydrogens (tertiary/aromatic N) is 1. The lowest BCUT2D eigenvalue weighted by Crippen LogP contribution is -2.54. The van der Waals surface area contributed by atoms with Crippen molar-refractivity contribution in [3.05, 3.63) is 59.4 Å². The highest BCUT2D eigenvalue weighted by atomic mass is 19.1. The summed E-state index contributed by atoms with van der Waals surface area (Å²) >= 11 is 0. The molecule has 0 radical (unpaired) electrons. The number of amides is 3. The number of benzene rings is 2. The van der Waals surface area contributed by atoms with Crippen LogP contribution in [0.4, 0.5) is 10.1 Å². The van der Waals surface area contributed by atoms with E-state index in [1.54, 1.807) is 30.1 Å². The zero-order valence-corrected chi connectivity index (χ0v) is 19.9. The summed E-state index contributed by atoms with van der Waals surface area (Å²) in [5.41, 5.74) is 0.902. The normalized spacial score (nSPS) is 21.6. The lowest BCUT2D eigenvalue weighted by atomic mass is 9.94. The van der Waals surface area contributed by atoms with Crippen molar-refractivity contribution in [2.45, 2.75) is 50.9 Å². The van der Waals surface area contributed by atoms with Gasteiger partial charge in [-0.15, -0.1) is 0 Å². The van der Waals surface area contributed by atoms with Gasteiger partial charge >= 0.3 is 0 Å². The van der Waals surface area contributed by atoms with Gasteiger partial charge in [0.1, 0.15) is 24.3 Å². The third-order valence-corrected chi connectivity index (χ3v) is 6.34. The number of likely N-dealkylation sites (N-methyl/N-ethyl adjacent to an activating group) is 1. The average molecular weight is 484 g/mol. The number of rotatable bonds is 6. The Balaban J connectivity index is 1.47. The molecule has 2 aromatic rings. The predicted octanol–water partition coefficient (Wildman–Crippen LogP) is 3.37. The summed E-state index contributed by atoms with van der Waals surface area (Å²) < 4.78 is 25.6. The molecule has 2 aliphatic heterocycles. The number of hydrogen-bond acceptors (Lipinski definition) is 5. The fourth-order valence-corrected chi connectivity index (χ4v) is 4.48. The molecule has 4 rings (SSSR count). The van der Waals surface area contributed by atoms with Crippen LogP contribution in [0.15, 0.2) is 42.5 Å². The van der Waals surface area contributed by atoms with Gasteiger partial charge in [-0.3, -0.25) is 14.4 Å². The van der Waals surface area contributed by atoms with Crippen molar-refractivity contribution in [2.75, 3.05) is 25.5 Å². The molecule has 0 saturated carbocycles. The van der Waals surface area contributed by atoms with Crippen LogP contribution in [0.2, 0.25) is 0 Å². The Morgan fingerprint density at radius 1 is 1.17 bits per heavy atom. The van der Waals surface area contributed by atoms with Gasteiger partial charge in [0.05, 0.1) is 24.1 Å². The summed E-state index contributed by atoms with van der Waals surface area (Å²) in [6, 6.07) is 10.0. The van der Waals surface area contributed by atoms with Crippen LogP contribution in [0.5, 0.6) is 5.75 Å². The van der Waals surface area contributed by atoms with E-state index in [0.717, 1.165) is 12.5 Å². The molecular formula is C26H30FN3O5. The molecule has 8 nitrogen and oxygen atoms in total. The molecule has 3 amide bonds. The Hall–Kier alpha value is -3.46. The molecule has 3 atom stereocenters. The first-order valence-corrected chi connectivity index (χ1v) is 11.9. The second kappa shape index (κ2) is 10.9. The van der Waals surface area contributed by atoms with E-state index in [9.17, 15) is 18.8 Å². The van der Waals surface area contributed by atoms with Gasteiger partial charge in [-0.25, -0.2) is 4.39 Å². The summed E-state index contributed by atoms with van der Waals surface area (Å²) in [7, 11) is 1.73. The molecule has 1 saturated heterocycles. The van der Waals surface area contributed by atoms with Crippen LogP contribution in [-0.2, 0) is 9.53 Å². The molecule has 186 valence electrons. The lowest BCUT2D eigenvalue weighted by Gasteiger charge is -2.42. The van der Waals surface area contributed by atoms with Gasteiger partial charge in [-0.05, 0) is 55.7 Å². The van der Waals surface area contributed by atoms with E-state index >= 15 is 0 Å². The fraction of sp³-hybridized carbons (Fsp3) is 0.423. The van der Waals surface area contributed by atoms with Gasteiger partial charge < -0.3 is 25.0 Å².